The Labute approximate surface area is 181 Å². The number of hydrogen-bond acceptors (Lipinski definition) is 5. The minimum Gasteiger partial charge on any atom is -0.324 e. The maximum Gasteiger partial charge on any atom is 0.269 e. The van der Waals surface area contributed by atoms with Gasteiger partial charge in [0.05, 0.1) is 16.1 Å². The van der Waals surface area contributed by atoms with E-state index in [0.717, 1.165) is 4.90 Å². The van der Waals surface area contributed by atoms with Gasteiger partial charge < -0.3 is 5.32 Å². The van der Waals surface area contributed by atoms with E-state index < -0.39 is 34.5 Å². The van der Waals surface area contributed by atoms with Crippen LogP contribution in [0.25, 0.3) is 0 Å². The molecule has 0 unspecified atom stereocenters. The summed E-state index contributed by atoms with van der Waals surface area (Å²) in [7, 11) is 0. The van der Waals surface area contributed by atoms with Gasteiger partial charge in [-0.15, -0.1) is 0 Å². The quantitative estimate of drug-likeness (QED) is 0.363. The summed E-state index contributed by atoms with van der Waals surface area (Å²) in [6.07, 6.45) is -0.0590. The molecular weight excluding hydrogens is 417 g/mol. The van der Waals surface area contributed by atoms with Gasteiger partial charge in [-0.2, -0.15) is 0 Å². The van der Waals surface area contributed by atoms with E-state index in [0.29, 0.717) is 11.3 Å². The summed E-state index contributed by atoms with van der Waals surface area (Å²) >= 11 is 0. The Morgan fingerprint density at radius 1 is 0.938 bits per heavy atom. The van der Waals surface area contributed by atoms with E-state index in [1.54, 1.807) is 12.1 Å². The van der Waals surface area contributed by atoms with E-state index in [-0.39, 0.29) is 23.2 Å². The first-order valence-corrected chi connectivity index (χ1v) is 9.62. The van der Waals surface area contributed by atoms with Gasteiger partial charge in [-0.25, -0.2) is 4.39 Å². The molecule has 0 spiro atoms. The molecule has 1 aliphatic heterocycles. The maximum atomic E-state index is 13.2. The third-order valence-corrected chi connectivity index (χ3v) is 5.13. The van der Waals surface area contributed by atoms with E-state index in [4.69, 9.17) is 0 Å². The van der Waals surface area contributed by atoms with Crippen LogP contribution in [0.3, 0.4) is 0 Å². The van der Waals surface area contributed by atoms with Crippen LogP contribution in [0, 0.1) is 15.9 Å². The average molecular weight is 433 g/mol. The Kier molecular flexibility index (Phi) is 5.46. The molecule has 0 fully saturated rings. The van der Waals surface area contributed by atoms with Gasteiger partial charge in [-0.05, 0) is 42.0 Å². The van der Waals surface area contributed by atoms with Gasteiger partial charge in [0.2, 0.25) is 5.91 Å². The number of halogens is 1. The fraction of sp³-hybridized carbons (Fsp3) is 0.0870. The highest BCUT2D eigenvalue weighted by Crippen LogP contribution is 2.27. The molecule has 3 aromatic carbocycles. The van der Waals surface area contributed by atoms with Crippen LogP contribution in [0.2, 0.25) is 0 Å². The van der Waals surface area contributed by atoms with Crippen LogP contribution in [0.5, 0.6) is 0 Å². The molecule has 3 amide bonds. The van der Waals surface area contributed by atoms with E-state index in [1.165, 1.54) is 60.7 Å². The summed E-state index contributed by atoms with van der Waals surface area (Å²) in [6.45, 7) is 0. The second-order valence-corrected chi connectivity index (χ2v) is 7.17. The molecule has 1 heterocycles. The number of nitrogens with zero attached hydrogens (tertiary/aromatic N) is 2. The number of hydrogen-bond donors (Lipinski definition) is 1. The summed E-state index contributed by atoms with van der Waals surface area (Å²) in [5.41, 5.74) is 1.08. The number of carbonyl (C=O) groups excluding carboxylic acids is 3. The minimum atomic E-state index is -1.23. The van der Waals surface area contributed by atoms with Crippen LogP contribution in [0.15, 0.2) is 72.8 Å². The Hall–Kier alpha value is -4.40. The molecule has 160 valence electrons. The molecule has 8 nitrogen and oxygen atoms in total. The first-order valence-electron chi connectivity index (χ1n) is 9.62. The molecule has 0 saturated heterocycles. The molecule has 9 heteroatoms. The molecular formula is C23H16FN3O5. The van der Waals surface area contributed by atoms with Crippen LogP contribution in [0.1, 0.15) is 26.3 Å². The second-order valence-electron chi connectivity index (χ2n) is 7.17. The van der Waals surface area contributed by atoms with Gasteiger partial charge in [-0.1, -0.05) is 24.3 Å². The summed E-state index contributed by atoms with van der Waals surface area (Å²) in [4.78, 5) is 50.3. The zero-order valence-electron chi connectivity index (χ0n) is 16.5. The van der Waals surface area contributed by atoms with Gasteiger partial charge in [0.15, 0.2) is 0 Å². The Morgan fingerprint density at radius 3 is 2.03 bits per heavy atom. The highest BCUT2D eigenvalue weighted by molar-refractivity contribution is 6.23. The van der Waals surface area contributed by atoms with Crippen molar-refractivity contribution in [2.24, 2.45) is 0 Å². The standard InChI is InChI=1S/C23H16FN3O5/c24-15-7-9-16(10-8-15)25-21(28)20(13-14-5-11-17(12-6-14)27(31)32)26-22(29)18-3-1-2-4-19(18)23(26)30/h1-12,20H,13H2,(H,25,28)/t20-/m0/s1. The van der Waals surface area contributed by atoms with Crippen LogP contribution >= 0.6 is 0 Å². The molecule has 4 rings (SSSR count). The number of rotatable bonds is 6. The molecule has 0 aromatic heterocycles. The van der Waals surface area contributed by atoms with E-state index in [1.807, 2.05) is 0 Å². The summed E-state index contributed by atoms with van der Waals surface area (Å²) < 4.78 is 13.2. The van der Waals surface area contributed by atoms with Crippen LogP contribution in [-0.2, 0) is 11.2 Å². The van der Waals surface area contributed by atoms with Gasteiger partial charge in [0.1, 0.15) is 11.9 Å². The normalized spacial score (nSPS) is 13.6. The number of nitro benzene ring substituents is 1. The number of anilines is 1. The summed E-state index contributed by atoms with van der Waals surface area (Å²) in [5, 5.41) is 13.5. The second kappa shape index (κ2) is 8.38. The number of imide groups is 1. The van der Waals surface area contributed by atoms with Crippen molar-refractivity contribution >= 4 is 29.1 Å². The molecule has 0 saturated carbocycles. The van der Waals surface area contributed by atoms with Gasteiger partial charge in [0.25, 0.3) is 17.5 Å². The maximum absolute atomic E-state index is 13.2. The van der Waals surface area contributed by atoms with Crippen molar-refractivity contribution in [2.45, 2.75) is 12.5 Å². The van der Waals surface area contributed by atoms with Gasteiger partial charge in [-0.3, -0.25) is 29.4 Å². The number of non-ortho nitro benzene ring substituents is 1. The van der Waals surface area contributed by atoms with Crippen molar-refractivity contribution in [3.05, 3.63) is 105 Å². The van der Waals surface area contributed by atoms with Crippen molar-refractivity contribution in [1.82, 2.24) is 4.90 Å². The lowest BCUT2D eigenvalue weighted by molar-refractivity contribution is -0.384. The monoisotopic (exact) mass is 433 g/mol. The predicted octanol–water partition coefficient (Wildman–Crippen LogP) is 3.58. The van der Waals surface area contributed by atoms with E-state index in [9.17, 15) is 28.9 Å². The third kappa shape index (κ3) is 3.95. The number of carbonyl (C=O) groups is 3. The number of nitrogens with one attached hydrogen (secondary N) is 1. The van der Waals surface area contributed by atoms with Crippen LogP contribution in [-0.4, -0.2) is 33.6 Å². The van der Waals surface area contributed by atoms with Gasteiger partial charge in [0, 0.05) is 24.2 Å². The van der Waals surface area contributed by atoms with Crippen molar-refractivity contribution in [1.29, 1.82) is 0 Å². The summed E-state index contributed by atoms with van der Waals surface area (Å²) in [6, 6.07) is 15.6. The highest BCUT2D eigenvalue weighted by Gasteiger charge is 2.42. The van der Waals surface area contributed by atoms with Crippen molar-refractivity contribution in [3.8, 4) is 0 Å². The molecule has 1 N–H and O–H groups in total. The lowest BCUT2D eigenvalue weighted by atomic mass is 10.0. The molecule has 1 atom stereocenters. The molecule has 1 aliphatic rings. The topological polar surface area (TPSA) is 110 Å². The SMILES string of the molecule is O=C(Nc1ccc(F)cc1)[C@H](Cc1ccc([N+](=O)[O-])cc1)N1C(=O)c2ccccc2C1=O. The smallest absolute Gasteiger partial charge is 0.269 e. The number of benzene rings is 3. The lowest BCUT2D eigenvalue weighted by Crippen LogP contribution is -2.48. The largest absolute Gasteiger partial charge is 0.324 e. The van der Waals surface area contributed by atoms with E-state index in [2.05, 4.69) is 5.32 Å². The molecule has 0 radical (unpaired) electrons. The molecule has 3 aromatic rings. The zero-order valence-corrected chi connectivity index (χ0v) is 16.5. The third-order valence-electron chi connectivity index (χ3n) is 5.13. The van der Waals surface area contributed by atoms with Crippen molar-refractivity contribution in [2.75, 3.05) is 5.32 Å². The predicted molar refractivity (Wildman–Crippen MR) is 113 cm³/mol. The fourth-order valence-corrected chi connectivity index (χ4v) is 3.53. The van der Waals surface area contributed by atoms with Crippen LogP contribution in [0.4, 0.5) is 15.8 Å². The first kappa shape index (κ1) is 20.9. The Balaban J connectivity index is 1.67. The highest BCUT2D eigenvalue weighted by atomic mass is 19.1. The molecule has 32 heavy (non-hydrogen) atoms. The average Bonchev–Trinajstić information content (AvgIpc) is 3.04. The Morgan fingerprint density at radius 2 is 1.50 bits per heavy atom. The fourth-order valence-electron chi connectivity index (χ4n) is 3.53. The number of fused-ring (bicyclic) bond motifs is 1. The summed E-state index contributed by atoms with van der Waals surface area (Å²) in [5.74, 6) is -2.34. The lowest BCUT2D eigenvalue weighted by Gasteiger charge is -2.25. The number of nitro groups is 1. The minimum absolute atomic E-state index is 0.0590. The van der Waals surface area contributed by atoms with Crippen LogP contribution < -0.4 is 5.32 Å². The first-order chi connectivity index (χ1) is 15.3. The zero-order chi connectivity index (χ0) is 22.8. The van der Waals surface area contributed by atoms with Crippen molar-refractivity contribution in [3.63, 3.8) is 0 Å². The van der Waals surface area contributed by atoms with E-state index >= 15 is 0 Å². The van der Waals surface area contributed by atoms with Gasteiger partial charge >= 0.3 is 0 Å². The Bertz CT molecular complexity index is 1190. The number of amides is 3. The molecule has 0 aliphatic carbocycles. The van der Waals surface area contributed by atoms with Crippen molar-refractivity contribution < 1.29 is 23.7 Å². The molecule has 0 bridgehead atoms.